The van der Waals surface area contributed by atoms with Gasteiger partial charge in [-0.05, 0) is 28.1 Å². The Labute approximate surface area is 105 Å². The van der Waals surface area contributed by atoms with Crippen molar-refractivity contribution in [2.24, 2.45) is 0 Å². The molecule has 0 atom stereocenters. The summed E-state index contributed by atoms with van der Waals surface area (Å²) in [5.41, 5.74) is 1.29. The van der Waals surface area contributed by atoms with Crippen molar-refractivity contribution in [3.8, 4) is 11.1 Å². The molecule has 0 spiro atoms. The van der Waals surface area contributed by atoms with E-state index in [1.54, 1.807) is 0 Å². The van der Waals surface area contributed by atoms with Crippen molar-refractivity contribution in [2.45, 2.75) is 0 Å². The summed E-state index contributed by atoms with van der Waals surface area (Å²) < 4.78 is 0.815. The van der Waals surface area contributed by atoms with E-state index in [1.165, 1.54) is 6.33 Å². The van der Waals surface area contributed by atoms with E-state index in [-0.39, 0.29) is 0 Å². The monoisotopic (exact) mass is 300 g/mol. The van der Waals surface area contributed by atoms with E-state index in [4.69, 9.17) is 23.2 Å². The Morgan fingerprint density at radius 2 is 1.73 bits per heavy atom. The van der Waals surface area contributed by atoms with Crippen LogP contribution in [-0.4, -0.2) is 9.97 Å². The minimum Gasteiger partial charge on any atom is -0.224 e. The van der Waals surface area contributed by atoms with Crippen LogP contribution in [0.25, 0.3) is 11.1 Å². The molecule has 0 radical (unpaired) electrons. The molecule has 0 aliphatic carbocycles. The lowest BCUT2D eigenvalue weighted by Gasteiger charge is -2.02. The highest BCUT2D eigenvalue weighted by Gasteiger charge is 2.10. The largest absolute Gasteiger partial charge is 0.224 e. The summed E-state index contributed by atoms with van der Waals surface area (Å²) in [6.07, 6.45) is 1.32. The van der Waals surface area contributed by atoms with Gasteiger partial charge in [-0.25, -0.2) is 9.97 Å². The summed E-state index contributed by atoms with van der Waals surface area (Å²) in [7, 11) is 0. The third kappa shape index (κ3) is 2.23. The van der Waals surface area contributed by atoms with Crippen LogP contribution in [0.1, 0.15) is 0 Å². The first-order chi connectivity index (χ1) is 7.18. The van der Waals surface area contributed by atoms with Crippen molar-refractivity contribution in [1.82, 2.24) is 9.97 Å². The first-order valence-electron chi connectivity index (χ1n) is 3.94. The van der Waals surface area contributed by atoms with Gasteiger partial charge in [-0.2, -0.15) is 0 Å². The summed E-state index contributed by atoms with van der Waals surface area (Å²) in [5.74, 6) is 0. The van der Waals surface area contributed by atoms with Crippen molar-refractivity contribution in [2.75, 3.05) is 0 Å². The number of nitrogens with zero attached hydrogens (tertiary/aromatic N) is 2. The molecular formula is C10H3BrCl2N2. The molecule has 0 fully saturated rings. The standard InChI is InChI=1S/C10H3BrCl2N2/c11-7-3-1-6(2-4-7)8-9(12)14-5-15-10(8)13/h1,3,5H. The van der Waals surface area contributed by atoms with Crippen molar-refractivity contribution in [3.05, 3.63) is 45.4 Å². The quantitative estimate of drug-likeness (QED) is 0.749. The molecule has 5 heteroatoms. The van der Waals surface area contributed by atoms with Gasteiger partial charge >= 0.3 is 0 Å². The molecule has 74 valence electrons. The van der Waals surface area contributed by atoms with E-state index in [1.807, 2.05) is 12.1 Å². The fourth-order valence-electron chi connectivity index (χ4n) is 1.08. The summed E-state index contributed by atoms with van der Waals surface area (Å²) >= 11 is 15.1. The lowest BCUT2D eigenvalue weighted by Crippen LogP contribution is -1.87. The van der Waals surface area contributed by atoms with E-state index in [0.717, 1.165) is 4.47 Å². The second-order valence-electron chi connectivity index (χ2n) is 2.68. The van der Waals surface area contributed by atoms with Crippen molar-refractivity contribution in [1.29, 1.82) is 0 Å². The zero-order chi connectivity index (χ0) is 10.8. The van der Waals surface area contributed by atoms with Crippen LogP contribution in [0.3, 0.4) is 0 Å². The molecule has 1 heterocycles. The van der Waals surface area contributed by atoms with Crippen LogP contribution in [0.4, 0.5) is 0 Å². The second kappa shape index (κ2) is 4.36. The summed E-state index contributed by atoms with van der Waals surface area (Å²) in [6, 6.07) is 9.43. The number of aromatic nitrogens is 2. The lowest BCUT2D eigenvalue weighted by molar-refractivity contribution is 1.17. The highest BCUT2D eigenvalue weighted by Crippen LogP contribution is 2.30. The molecule has 2 aromatic rings. The number of rotatable bonds is 1. The first kappa shape index (κ1) is 10.7. The first-order valence-corrected chi connectivity index (χ1v) is 5.49. The fraction of sp³-hybridized carbons (Fsp3) is 0. The van der Waals surface area contributed by atoms with Gasteiger partial charge in [0.15, 0.2) is 0 Å². The van der Waals surface area contributed by atoms with E-state index in [0.29, 0.717) is 21.4 Å². The average molecular weight is 302 g/mol. The van der Waals surface area contributed by atoms with Crippen LogP contribution in [0.2, 0.25) is 10.3 Å². The van der Waals surface area contributed by atoms with E-state index in [9.17, 15) is 0 Å². The molecule has 1 aromatic carbocycles. The molecule has 1 aromatic heterocycles. The Bertz CT molecular complexity index is 465. The Morgan fingerprint density at radius 1 is 1.07 bits per heavy atom. The number of hydrogen-bond acceptors (Lipinski definition) is 2. The maximum atomic E-state index is 5.92. The molecule has 0 amide bonds. The second-order valence-corrected chi connectivity index (χ2v) is 4.25. The van der Waals surface area contributed by atoms with Gasteiger partial charge in [0.1, 0.15) is 16.6 Å². The van der Waals surface area contributed by atoms with Crippen LogP contribution in [0.5, 0.6) is 0 Å². The summed E-state index contributed by atoms with van der Waals surface area (Å²) in [6.45, 7) is 0. The predicted molar refractivity (Wildman–Crippen MR) is 62.9 cm³/mol. The van der Waals surface area contributed by atoms with Gasteiger partial charge in [0.25, 0.3) is 0 Å². The SMILES string of the molecule is Clc1ncnc(Cl)c1-c1c#cc(Br)cc1. The molecule has 0 bridgehead atoms. The van der Waals surface area contributed by atoms with Gasteiger partial charge in [0.2, 0.25) is 0 Å². The van der Waals surface area contributed by atoms with Gasteiger partial charge in [-0.3, -0.25) is 0 Å². The highest BCUT2D eigenvalue weighted by atomic mass is 79.9. The third-order valence-electron chi connectivity index (χ3n) is 1.74. The molecule has 0 saturated heterocycles. The van der Waals surface area contributed by atoms with Crippen LogP contribution in [0.15, 0.2) is 22.9 Å². The van der Waals surface area contributed by atoms with Crippen LogP contribution < -0.4 is 0 Å². The maximum absolute atomic E-state index is 5.92. The number of hydrogen-bond donors (Lipinski definition) is 0. The van der Waals surface area contributed by atoms with E-state index < -0.39 is 0 Å². The Morgan fingerprint density at radius 3 is 2.27 bits per heavy atom. The minimum atomic E-state index is 0.307. The van der Waals surface area contributed by atoms with Crippen LogP contribution in [-0.2, 0) is 0 Å². The van der Waals surface area contributed by atoms with Crippen molar-refractivity contribution in [3.63, 3.8) is 0 Å². The van der Waals surface area contributed by atoms with E-state index >= 15 is 0 Å². The van der Waals surface area contributed by atoms with Gasteiger partial charge in [0.05, 0.1) is 10.0 Å². The van der Waals surface area contributed by atoms with Gasteiger partial charge in [-0.1, -0.05) is 35.3 Å². The molecule has 0 N–H and O–H groups in total. The van der Waals surface area contributed by atoms with Gasteiger partial charge < -0.3 is 0 Å². The molecule has 0 aliphatic heterocycles. The summed E-state index contributed by atoms with van der Waals surface area (Å²) in [5, 5.41) is 0.615. The lowest BCUT2D eigenvalue weighted by atomic mass is 10.1. The minimum absolute atomic E-state index is 0.307. The average Bonchev–Trinajstić information content (AvgIpc) is 2.20. The fourth-order valence-corrected chi connectivity index (χ4v) is 1.83. The maximum Gasteiger partial charge on any atom is 0.142 e. The van der Waals surface area contributed by atoms with Crippen molar-refractivity contribution < 1.29 is 0 Å². The predicted octanol–water partition coefficient (Wildman–Crippen LogP) is 3.81. The Hall–Kier alpha value is -0.820. The zero-order valence-corrected chi connectivity index (χ0v) is 10.4. The molecular weight excluding hydrogens is 299 g/mol. The Balaban J connectivity index is 2.58. The van der Waals surface area contributed by atoms with Crippen molar-refractivity contribution >= 4 is 39.1 Å². The molecule has 2 nitrogen and oxygen atoms in total. The third-order valence-corrected chi connectivity index (χ3v) is 2.77. The normalized spacial score (nSPS) is 9.80. The van der Waals surface area contributed by atoms with Crippen LogP contribution >= 0.6 is 39.1 Å². The highest BCUT2D eigenvalue weighted by molar-refractivity contribution is 9.10. The van der Waals surface area contributed by atoms with Crippen LogP contribution in [0, 0.1) is 12.1 Å². The zero-order valence-electron chi connectivity index (χ0n) is 7.26. The summed E-state index contributed by atoms with van der Waals surface area (Å²) in [4.78, 5) is 7.73. The number of halogens is 3. The topological polar surface area (TPSA) is 25.8 Å². The molecule has 0 unspecified atom stereocenters. The van der Waals surface area contributed by atoms with Gasteiger partial charge in [-0.15, -0.1) is 0 Å². The molecule has 0 saturated carbocycles. The Kier molecular flexibility index (Phi) is 3.11. The van der Waals surface area contributed by atoms with E-state index in [2.05, 4.69) is 38.0 Å². The van der Waals surface area contributed by atoms with Gasteiger partial charge in [0, 0.05) is 5.56 Å². The smallest absolute Gasteiger partial charge is 0.142 e. The molecule has 15 heavy (non-hydrogen) atoms. The molecule has 0 aliphatic rings. The molecule has 2 rings (SSSR count).